The van der Waals surface area contributed by atoms with Crippen molar-refractivity contribution < 1.29 is 12.8 Å². The van der Waals surface area contributed by atoms with Crippen LogP contribution in [-0.2, 0) is 17.1 Å². The first-order valence-electron chi connectivity index (χ1n) is 11.0. The maximum Gasteiger partial charge on any atom is 0.244 e. The lowest BCUT2D eigenvalue weighted by Crippen LogP contribution is -2.49. The van der Waals surface area contributed by atoms with E-state index in [1.54, 1.807) is 24.3 Å². The van der Waals surface area contributed by atoms with Crippen molar-refractivity contribution in [2.75, 3.05) is 31.1 Å². The second-order valence-corrected chi connectivity index (χ2v) is 11.0. The summed E-state index contributed by atoms with van der Waals surface area (Å²) in [6.45, 7) is 3.29. The number of rotatable bonds is 5. The van der Waals surface area contributed by atoms with E-state index in [0.29, 0.717) is 42.5 Å². The number of sulfonamides is 1. The fourth-order valence-electron chi connectivity index (χ4n) is 4.29. The standard InChI is InChI=1S/C25H25FN4O2S2/c1-18-24(16-23(28(18)2)25-27-21(17-33-25)19-8-4-3-5-9-19)34(31,32)30-14-12-29(13-15-30)22-11-7-6-10-20(22)26/h3-11,16-17H,12-15H2,1-2H3. The normalized spacial score (nSPS) is 15.1. The molecule has 0 spiro atoms. The molecule has 0 unspecified atom stereocenters. The third kappa shape index (κ3) is 4.04. The lowest BCUT2D eigenvalue weighted by atomic mass is 10.2. The predicted octanol–water partition coefficient (Wildman–Crippen LogP) is 4.77. The number of anilines is 1. The summed E-state index contributed by atoms with van der Waals surface area (Å²) in [5, 5.41) is 2.76. The van der Waals surface area contributed by atoms with Gasteiger partial charge in [-0.1, -0.05) is 42.5 Å². The summed E-state index contributed by atoms with van der Waals surface area (Å²) in [4.78, 5) is 6.95. The number of piperazine rings is 1. The number of para-hydroxylation sites is 1. The van der Waals surface area contributed by atoms with E-state index in [1.165, 1.54) is 21.7 Å². The molecule has 34 heavy (non-hydrogen) atoms. The Kier molecular flexibility index (Phi) is 6.01. The quantitative estimate of drug-likeness (QED) is 0.399. The maximum atomic E-state index is 14.2. The molecule has 0 N–H and O–H groups in total. The van der Waals surface area contributed by atoms with Gasteiger partial charge in [0, 0.05) is 49.9 Å². The van der Waals surface area contributed by atoms with Crippen LogP contribution in [0.3, 0.4) is 0 Å². The van der Waals surface area contributed by atoms with Gasteiger partial charge >= 0.3 is 0 Å². The molecule has 0 bridgehead atoms. The molecule has 0 saturated carbocycles. The number of hydrogen-bond acceptors (Lipinski definition) is 5. The molecule has 9 heteroatoms. The molecule has 0 radical (unpaired) electrons. The molecule has 4 aromatic rings. The molecule has 5 rings (SSSR count). The minimum absolute atomic E-state index is 0.291. The minimum Gasteiger partial charge on any atom is -0.367 e. The molecule has 0 aliphatic carbocycles. The van der Waals surface area contributed by atoms with Crippen molar-refractivity contribution in [1.29, 1.82) is 0 Å². The van der Waals surface area contributed by atoms with Crippen LogP contribution in [0.1, 0.15) is 5.69 Å². The maximum absolute atomic E-state index is 14.2. The van der Waals surface area contributed by atoms with Gasteiger partial charge in [-0.05, 0) is 25.1 Å². The fraction of sp³-hybridized carbons (Fsp3) is 0.240. The van der Waals surface area contributed by atoms with Gasteiger partial charge in [0.25, 0.3) is 0 Å². The highest BCUT2D eigenvalue weighted by molar-refractivity contribution is 7.89. The number of thiazole rings is 1. The Balaban J connectivity index is 1.39. The number of aromatic nitrogens is 2. The Morgan fingerprint density at radius 2 is 1.65 bits per heavy atom. The van der Waals surface area contributed by atoms with E-state index in [1.807, 2.05) is 59.2 Å². The highest BCUT2D eigenvalue weighted by Gasteiger charge is 2.32. The highest BCUT2D eigenvalue weighted by Crippen LogP contribution is 2.34. The van der Waals surface area contributed by atoms with Crippen LogP contribution in [0.4, 0.5) is 10.1 Å². The van der Waals surface area contributed by atoms with E-state index in [9.17, 15) is 12.8 Å². The van der Waals surface area contributed by atoms with Gasteiger partial charge in [-0.3, -0.25) is 0 Å². The van der Waals surface area contributed by atoms with Crippen LogP contribution < -0.4 is 4.90 Å². The van der Waals surface area contributed by atoms with Crippen LogP contribution in [-0.4, -0.2) is 48.5 Å². The Morgan fingerprint density at radius 3 is 2.35 bits per heavy atom. The average Bonchev–Trinajstić information content (AvgIpc) is 3.45. The van der Waals surface area contributed by atoms with E-state index in [4.69, 9.17) is 4.98 Å². The number of benzene rings is 2. The van der Waals surface area contributed by atoms with Crippen LogP contribution in [0.5, 0.6) is 0 Å². The lowest BCUT2D eigenvalue weighted by Gasteiger charge is -2.35. The lowest BCUT2D eigenvalue weighted by molar-refractivity contribution is 0.383. The molecule has 1 aliphatic heterocycles. The van der Waals surface area contributed by atoms with Gasteiger partial charge in [0.2, 0.25) is 10.0 Å². The third-order valence-electron chi connectivity index (χ3n) is 6.33. The first-order chi connectivity index (χ1) is 16.4. The molecule has 2 aromatic heterocycles. The van der Waals surface area contributed by atoms with Gasteiger partial charge in [-0.25, -0.2) is 17.8 Å². The first-order valence-corrected chi connectivity index (χ1v) is 13.4. The Hall–Kier alpha value is -3.01. The highest BCUT2D eigenvalue weighted by atomic mass is 32.2. The molecule has 176 valence electrons. The minimum atomic E-state index is -3.69. The van der Waals surface area contributed by atoms with Crippen molar-refractivity contribution in [3.63, 3.8) is 0 Å². The topological polar surface area (TPSA) is 58.4 Å². The van der Waals surface area contributed by atoms with Crippen LogP contribution >= 0.6 is 11.3 Å². The molecular weight excluding hydrogens is 471 g/mol. The molecule has 1 fully saturated rings. The molecule has 0 atom stereocenters. The summed E-state index contributed by atoms with van der Waals surface area (Å²) >= 11 is 1.50. The second-order valence-electron chi connectivity index (χ2n) is 8.28. The van der Waals surface area contributed by atoms with Crippen molar-refractivity contribution in [2.45, 2.75) is 11.8 Å². The number of nitrogens with zero attached hydrogens (tertiary/aromatic N) is 4. The van der Waals surface area contributed by atoms with E-state index in [-0.39, 0.29) is 5.82 Å². The van der Waals surface area contributed by atoms with Gasteiger partial charge in [0.15, 0.2) is 0 Å². The summed E-state index contributed by atoms with van der Waals surface area (Å²) in [5.41, 5.74) is 3.84. The van der Waals surface area contributed by atoms with Crippen molar-refractivity contribution in [3.8, 4) is 22.0 Å². The van der Waals surface area contributed by atoms with E-state index in [2.05, 4.69) is 0 Å². The average molecular weight is 497 g/mol. The Morgan fingerprint density at radius 1 is 0.971 bits per heavy atom. The molecule has 0 amide bonds. The van der Waals surface area contributed by atoms with Gasteiger partial charge in [-0.15, -0.1) is 11.3 Å². The smallest absolute Gasteiger partial charge is 0.244 e. The zero-order chi connectivity index (χ0) is 23.9. The first kappa shape index (κ1) is 22.8. The molecular formula is C25H25FN4O2S2. The second kappa shape index (κ2) is 8.98. The SMILES string of the molecule is Cc1c(S(=O)(=O)N2CCN(c3ccccc3F)CC2)cc(-c2nc(-c3ccccc3)cs2)n1C. The Bertz CT molecular complexity index is 1420. The molecule has 3 heterocycles. The van der Waals surface area contributed by atoms with E-state index in [0.717, 1.165) is 22.0 Å². The fourth-order valence-corrected chi connectivity index (χ4v) is 6.86. The van der Waals surface area contributed by atoms with Gasteiger partial charge < -0.3 is 9.47 Å². The van der Waals surface area contributed by atoms with Crippen LogP contribution in [0.25, 0.3) is 22.0 Å². The van der Waals surface area contributed by atoms with E-state index < -0.39 is 10.0 Å². The summed E-state index contributed by atoms with van der Waals surface area (Å²) in [6, 6.07) is 18.2. The zero-order valence-corrected chi connectivity index (χ0v) is 20.6. The van der Waals surface area contributed by atoms with Crippen LogP contribution in [0.15, 0.2) is 70.9 Å². The summed E-state index contributed by atoms with van der Waals surface area (Å²) in [5.74, 6) is -0.291. The zero-order valence-electron chi connectivity index (χ0n) is 19.0. The summed E-state index contributed by atoms with van der Waals surface area (Å²) < 4.78 is 44.6. The Labute approximate surface area is 203 Å². The van der Waals surface area contributed by atoms with Gasteiger partial charge in [0.05, 0.1) is 17.1 Å². The summed E-state index contributed by atoms with van der Waals surface area (Å²) in [6.07, 6.45) is 0. The van der Waals surface area contributed by atoms with Crippen molar-refractivity contribution in [3.05, 3.63) is 77.6 Å². The summed E-state index contributed by atoms with van der Waals surface area (Å²) in [7, 11) is -1.83. The number of hydrogen-bond donors (Lipinski definition) is 0. The largest absolute Gasteiger partial charge is 0.367 e. The molecule has 6 nitrogen and oxygen atoms in total. The molecule has 2 aromatic carbocycles. The van der Waals surface area contributed by atoms with Crippen LogP contribution in [0.2, 0.25) is 0 Å². The van der Waals surface area contributed by atoms with Crippen molar-refractivity contribution >= 4 is 27.0 Å². The molecule has 1 aliphatic rings. The van der Waals surface area contributed by atoms with Crippen molar-refractivity contribution in [2.24, 2.45) is 7.05 Å². The predicted molar refractivity (Wildman–Crippen MR) is 134 cm³/mol. The third-order valence-corrected chi connectivity index (χ3v) is 9.21. The van der Waals surface area contributed by atoms with E-state index >= 15 is 0 Å². The van der Waals surface area contributed by atoms with Crippen LogP contribution in [0, 0.1) is 12.7 Å². The molecule has 1 saturated heterocycles. The van der Waals surface area contributed by atoms with Crippen molar-refractivity contribution in [1.82, 2.24) is 13.9 Å². The monoisotopic (exact) mass is 496 g/mol. The van der Waals surface area contributed by atoms with Gasteiger partial charge in [0.1, 0.15) is 15.7 Å². The number of halogens is 1. The van der Waals surface area contributed by atoms with Gasteiger partial charge in [-0.2, -0.15) is 4.31 Å².